The molecule has 0 spiro atoms. The second-order valence-corrected chi connectivity index (χ2v) is 10.7. The van der Waals surface area contributed by atoms with E-state index in [2.05, 4.69) is 17.4 Å². The zero-order valence-corrected chi connectivity index (χ0v) is 25.2. The van der Waals surface area contributed by atoms with E-state index in [0.29, 0.717) is 11.7 Å². The highest BCUT2D eigenvalue weighted by Gasteiger charge is 2.59. The molecule has 1 heterocycles. The Hall–Kier alpha value is -5.39. The Morgan fingerprint density at radius 3 is 1.85 bits per heavy atom. The Labute approximate surface area is 270 Å². The number of hydrogen-bond donors (Lipinski definition) is 4. The second-order valence-electron chi connectivity index (χ2n) is 10.7. The lowest BCUT2D eigenvalue weighted by atomic mass is 9.87. The molecule has 244 valence electrons. The third-order valence-corrected chi connectivity index (χ3v) is 7.57. The van der Waals surface area contributed by atoms with E-state index in [4.69, 9.17) is 14.6 Å². The average Bonchev–Trinajstić information content (AvgIpc) is 3.10. The monoisotopic (exact) mass is 643 g/mol. The summed E-state index contributed by atoms with van der Waals surface area (Å²) in [5.74, 6) is -5.98. The molecular weight excluding hydrogens is 609 g/mol. The zero-order valence-electron chi connectivity index (χ0n) is 25.2. The van der Waals surface area contributed by atoms with Gasteiger partial charge in [0.2, 0.25) is 11.9 Å². The fourth-order valence-electron chi connectivity index (χ4n) is 5.15. The SMILES string of the molecule is Fc1cccc(O[C@H](c2ccccc2)C2CCNCC2)c1.O=C(O[C@](C(=O)O)(C(=O)c1ccccc1)[C@@H](O)C(=O)O)c1ccccc1. The summed E-state index contributed by atoms with van der Waals surface area (Å²) in [4.78, 5) is 48.1. The molecule has 0 unspecified atom stereocenters. The topological polar surface area (TPSA) is 159 Å². The van der Waals surface area contributed by atoms with Crippen LogP contribution in [-0.4, -0.2) is 63.8 Å². The van der Waals surface area contributed by atoms with Gasteiger partial charge in [-0.25, -0.2) is 18.8 Å². The molecule has 0 saturated carbocycles. The molecule has 4 aromatic carbocycles. The van der Waals surface area contributed by atoms with Crippen LogP contribution in [0.5, 0.6) is 5.75 Å². The van der Waals surface area contributed by atoms with Crippen LogP contribution in [0.4, 0.5) is 4.39 Å². The number of carboxylic acid groups (broad SMARTS) is 2. The van der Waals surface area contributed by atoms with Crippen molar-refractivity contribution in [3.8, 4) is 5.75 Å². The Morgan fingerprint density at radius 1 is 0.766 bits per heavy atom. The van der Waals surface area contributed by atoms with Crippen LogP contribution in [0, 0.1) is 11.7 Å². The van der Waals surface area contributed by atoms with Crippen molar-refractivity contribution in [3.63, 3.8) is 0 Å². The van der Waals surface area contributed by atoms with E-state index in [1.54, 1.807) is 18.2 Å². The maximum atomic E-state index is 13.4. The molecule has 5 rings (SSSR count). The van der Waals surface area contributed by atoms with E-state index in [0.717, 1.165) is 31.5 Å². The summed E-state index contributed by atoms with van der Waals surface area (Å²) in [7, 11) is 0. The Morgan fingerprint density at radius 2 is 1.32 bits per heavy atom. The van der Waals surface area contributed by atoms with Crippen molar-refractivity contribution in [2.75, 3.05) is 13.1 Å². The number of Topliss-reactive ketones (excluding diaryl/α,β-unsaturated/α-hetero) is 1. The minimum absolute atomic E-state index is 0.0184. The van der Waals surface area contributed by atoms with Gasteiger partial charge >= 0.3 is 23.5 Å². The molecule has 47 heavy (non-hydrogen) atoms. The van der Waals surface area contributed by atoms with Crippen molar-refractivity contribution < 1.29 is 48.4 Å². The minimum atomic E-state index is -3.35. The predicted molar refractivity (Wildman–Crippen MR) is 168 cm³/mol. The Balaban J connectivity index is 0.000000217. The molecule has 0 bridgehead atoms. The number of aliphatic carboxylic acids is 2. The molecule has 0 amide bonds. The molecule has 0 aromatic heterocycles. The molecule has 1 aliphatic heterocycles. The summed E-state index contributed by atoms with van der Waals surface area (Å²) < 4.78 is 24.3. The largest absolute Gasteiger partial charge is 0.485 e. The van der Waals surface area contributed by atoms with Gasteiger partial charge in [0.25, 0.3) is 0 Å². The van der Waals surface area contributed by atoms with Gasteiger partial charge in [0.1, 0.15) is 17.7 Å². The number of aliphatic hydroxyl groups is 1. The van der Waals surface area contributed by atoms with Gasteiger partial charge in [-0.1, -0.05) is 84.9 Å². The van der Waals surface area contributed by atoms with Gasteiger partial charge in [0.05, 0.1) is 5.56 Å². The van der Waals surface area contributed by atoms with Crippen molar-refractivity contribution in [1.82, 2.24) is 5.32 Å². The number of carbonyl (C=O) groups excluding carboxylic acids is 2. The van der Waals surface area contributed by atoms with Crippen molar-refractivity contribution in [2.24, 2.45) is 5.92 Å². The number of piperidine rings is 1. The van der Waals surface area contributed by atoms with Crippen molar-refractivity contribution in [2.45, 2.75) is 30.7 Å². The first-order chi connectivity index (χ1) is 22.6. The van der Waals surface area contributed by atoms with Crippen molar-refractivity contribution >= 4 is 23.7 Å². The fourth-order valence-corrected chi connectivity index (χ4v) is 5.15. The van der Waals surface area contributed by atoms with Gasteiger partial charge in [0.15, 0.2) is 0 Å². The minimum Gasteiger partial charge on any atom is -0.485 e. The highest BCUT2D eigenvalue weighted by Crippen LogP contribution is 2.33. The number of esters is 1. The molecule has 1 aliphatic rings. The van der Waals surface area contributed by atoms with Gasteiger partial charge in [-0.05, 0) is 55.8 Å². The maximum absolute atomic E-state index is 13.4. The average molecular weight is 644 g/mol. The summed E-state index contributed by atoms with van der Waals surface area (Å²) in [5.41, 5.74) is -2.54. The van der Waals surface area contributed by atoms with Gasteiger partial charge < -0.3 is 30.1 Å². The normalized spacial score (nSPS) is 15.4. The number of carbonyl (C=O) groups is 4. The molecular formula is C36H34FNO9. The lowest BCUT2D eigenvalue weighted by Crippen LogP contribution is -2.61. The van der Waals surface area contributed by atoms with Crippen LogP contribution in [0.2, 0.25) is 0 Å². The standard InChI is InChI=1S/C18H20FNO.C18H14O8/c19-16-7-4-8-17(13-16)21-18(14-5-2-1-3-6-14)15-9-11-20-12-10-15;19-13(11-7-3-1-4-8-11)18(17(24)25,14(20)15(21)22)26-16(23)12-9-5-2-6-10-12/h1-8,13,15,18,20H,9-12H2;1-10,14,20H,(H,21,22)(H,24,25)/t18-;14-,18+/m10/s1. The molecule has 1 saturated heterocycles. The smallest absolute Gasteiger partial charge is 0.360 e. The maximum Gasteiger partial charge on any atom is 0.360 e. The summed E-state index contributed by atoms with van der Waals surface area (Å²) in [5, 5.41) is 32.0. The molecule has 11 heteroatoms. The first kappa shape index (κ1) is 34.5. The first-order valence-corrected chi connectivity index (χ1v) is 14.8. The number of ether oxygens (including phenoxy) is 2. The van der Waals surface area contributed by atoms with E-state index in [-0.39, 0.29) is 23.0 Å². The molecule has 3 atom stereocenters. The number of halogens is 1. The van der Waals surface area contributed by atoms with Gasteiger partial charge in [0, 0.05) is 17.5 Å². The van der Waals surface area contributed by atoms with E-state index in [9.17, 15) is 33.8 Å². The summed E-state index contributed by atoms with van der Waals surface area (Å²) in [6.07, 6.45) is -0.681. The van der Waals surface area contributed by atoms with Crippen molar-refractivity contribution in [3.05, 3.63) is 138 Å². The quantitative estimate of drug-likeness (QED) is 0.100. The fraction of sp³-hybridized carbons (Fsp3) is 0.222. The lowest BCUT2D eigenvalue weighted by molar-refractivity contribution is -0.176. The van der Waals surface area contributed by atoms with Crippen LogP contribution in [0.1, 0.15) is 45.2 Å². The number of aliphatic hydroxyl groups excluding tert-OH is 1. The number of carboxylic acids is 2. The Kier molecular flexibility index (Phi) is 11.9. The molecule has 1 fully saturated rings. The van der Waals surface area contributed by atoms with Gasteiger partial charge in [-0.2, -0.15) is 0 Å². The molecule has 0 radical (unpaired) electrons. The lowest BCUT2D eigenvalue weighted by Gasteiger charge is -2.31. The van der Waals surface area contributed by atoms with Gasteiger partial charge in [-0.15, -0.1) is 0 Å². The second kappa shape index (κ2) is 16.3. The number of nitrogens with one attached hydrogen (secondary N) is 1. The van der Waals surface area contributed by atoms with Crippen LogP contribution in [0.25, 0.3) is 0 Å². The predicted octanol–water partition coefficient (Wildman–Crippen LogP) is 4.94. The van der Waals surface area contributed by atoms with Crippen LogP contribution in [-0.2, 0) is 14.3 Å². The van der Waals surface area contributed by atoms with E-state index < -0.39 is 35.4 Å². The highest BCUT2D eigenvalue weighted by atomic mass is 19.1. The Bertz CT molecular complexity index is 1650. The van der Waals surface area contributed by atoms with Gasteiger partial charge in [-0.3, -0.25) is 4.79 Å². The molecule has 4 aromatic rings. The first-order valence-electron chi connectivity index (χ1n) is 14.8. The zero-order chi connectivity index (χ0) is 33.8. The van der Waals surface area contributed by atoms with E-state index in [1.165, 1.54) is 60.7 Å². The van der Waals surface area contributed by atoms with Crippen LogP contribution >= 0.6 is 0 Å². The third kappa shape index (κ3) is 8.66. The van der Waals surface area contributed by atoms with Crippen molar-refractivity contribution in [1.29, 1.82) is 0 Å². The number of rotatable bonds is 11. The molecule has 0 aliphatic carbocycles. The third-order valence-electron chi connectivity index (χ3n) is 7.57. The summed E-state index contributed by atoms with van der Waals surface area (Å²) in [6.45, 7) is 2.03. The highest BCUT2D eigenvalue weighted by molar-refractivity contribution is 6.19. The number of benzene rings is 4. The van der Waals surface area contributed by atoms with Crippen LogP contribution < -0.4 is 10.1 Å². The van der Waals surface area contributed by atoms with E-state index in [1.807, 2.05) is 24.3 Å². The van der Waals surface area contributed by atoms with Crippen LogP contribution in [0.3, 0.4) is 0 Å². The summed E-state index contributed by atoms with van der Waals surface area (Å²) >= 11 is 0. The number of hydrogen-bond acceptors (Lipinski definition) is 8. The van der Waals surface area contributed by atoms with Crippen LogP contribution in [0.15, 0.2) is 115 Å². The summed E-state index contributed by atoms with van der Waals surface area (Å²) in [6, 6.07) is 30.5. The number of ketones is 1. The molecule has 10 nitrogen and oxygen atoms in total. The van der Waals surface area contributed by atoms with E-state index >= 15 is 0 Å². The molecule has 4 N–H and O–H groups in total.